The molecular formula is C30H20F2N4OS. The molecule has 0 saturated carbocycles. The van der Waals surface area contributed by atoms with E-state index in [0.29, 0.717) is 21.8 Å². The second kappa shape index (κ2) is 9.81. The molecule has 3 aromatic carbocycles. The lowest BCUT2D eigenvalue weighted by molar-refractivity contribution is 0.601. The van der Waals surface area contributed by atoms with Gasteiger partial charge in [-0.05, 0) is 95.1 Å². The van der Waals surface area contributed by atoms with Gasteiger partial charge in [0.1, 0.15) is 17.9 Å². The Morgan fingerprint density at radius 1 is 0.711 bits per heavy atom. The molecule has 8 heteroatoms. The highest BCUT2D eigenvalue weighted by molar-refractivity contribution is 7.90. The van der Waals surface area contributed by atoms with Crippen LogP contribution in [0.4, 0.5) is 8.78 Å². The highest BCUT2D eigenvalue weighted by atomic mass is 32.2. The van der Waals surface area contributed by atoms with Crippen molar-refractivity contribution < 1.29 is 13.3 Å². The van der Waals surface area contributed by atoms with Gasteiger partial charge in [-0.15, -0.1) is 5.10 Å². The molecule has 0 aliphatic carbocycles. The zero-order chi connectivity index (χ0) is 26.2. The fourth-order valence-corrected chi connectivity index (χ4v) is 5.01. The molecule has 1 unspecified atom stereocenters. The van der Waals surface area contributed by atoms with E-state index in [1.807, 2.05) is 30.5 Å². The number of pyridine rings is 2. The van der Waals surface area contributed by atoms with Gasteiger partial charge in [-0.3, -0.25) is 4.98 Å². The quantitative estimate of drug-likeness (QED) is 0.233. The van der Waals surface area contributed by atoms with E-state index in [9.17, 15) is 13.3 Å². The van der Waals surface area contributed by atoms with Crippen molar-refractivity contribution in [3.05, 3.63) is 115 Å². The Morgan fingerprint density at radius 2 is 1.29 bits per heavy atom. The second-order valence-corrected chi connectivity index (χ2v) is 10.1. The summed E-state index contributed by atoms with van der Waals surface area (Å²) in [5.74, 6) is -0.688. The zero-order valence-electron chi connectivity index (χ0n) is 20.2. The summed E-state index contributed by atoms with van der Waals surface area (Å²) in [5, 5.41) is 5.53. The zero-order valence-corrected chi connectivity index (χ0v) is 21.0. The molecule has 1 atom stereocenters. The lowest BCUT2D eigenvalue weighted by atomic mass is 9.90. The third-order valence-electron chi connectivity index (χ3n) is 6.32. The van der Waals surface area contributed by atoms with Crippen LogP contribution in [-0.2, 0) is 11.2 Å². The van der Waals surface area contributed by atoms with Crippen LogP contribution >= 0.6 is 0 Å². The molecule has 3 heterocycles. The first kappa shape index (κ1) is 24.0. The van der Waals surface area contributed by atoms with Crippen LogP contribution < -0.4 is 0 Å². The highest BCUT2D eigenvalue weighted by Crippen LogP contribution is 2.43. The van der Waals surface area contributed by atoms with Gasteiger partial charge < -0.3 is 4.55 Å². The van der Waals surface area contributed by atoms with Crippen LogP contribution in [0.5, 0.6) is 0 Å². The molecule has 5 nitrogen and oxygen atoms in total. The van der Waals surface area contributed by atoms with E-state index in [2.05, 4.69) is 4.98 Å². The van der Waals surface area contributed by atoms with Gasteiger partial charge in [0.25, 0.3) is 0 Å². The molecule has 0 aliphatic heterocycles. The van der Waals surface area contributed by atoms with E-state index >= 15 is 0 Å². The van der Waals surface area contributed by atoms with Crippen LogP contribution in [0.3, 0.4) is 0 Å². The topological polar surface area (TPSA) is 66.7 Å². The number of halogens is 2. The van der Waals surface area contributed by atoms with Gasteiger partial charge in [0.05, 0.1) is 11.4 Å². The summed E-state index contributed by atoms with van der Waals surface area (Å²) in [6.45, 7) is 0. The summed E-state index contributed by atoms with van der Waals surface area (Å²) < 4.78 is 41.3. The Labute approximate surface area is 220 Å². The highest BCUT2D eigenvalue weighted by Gasteiger charge is 2.22. The molecule has 38 heavy (non-hydrogen) atoms. The van der Waals surface area contributed by atoms with E-state index in [0.717, 1.165) is 33.3 Å². The minimum atomic E-state index is -1.09. The number of aromatic nitrogens is 4. The van der Waals surface area contributed by atoms with Crippen molar-refractivity contribution in [1.29, 1.82) is 0 Å². The maximum Gasteiger partial charge on any atom is 0.182 e. The number of nitrogens with zero attached hydrogens (tertiary/aromatic N) is 4. The van der Waals surface area contributed by atoms with E-state index < -0.39 is 11.2 Å². The van der Waals surface area contributed by atoms with Crippen LogP contribution in [0.2, 0.25) is 0 Å². The first-order valence-electron chi connectivity index (χ1n) is 11.8. The smallest absolute Gasteiger partial charge is 0.182 e. The number of benzene rings is 3. The van der Waals surface area contributed by atoms with Gasteiger partial charge in [0.15, 0.2) is 10.5 Å². The molecule has 186 valence electrons. The number of rotatable bonds is 5. The van der Waals surface area contributed by atoms with Crippen molar-refractivity contribution in [3.63, 3.8) is 0 Å². The van der Waals surface area contributed by atoms with Gasteiger partial charge >= 0.3 is 0 Å². The van der Waals surface area contributed by atoms with Gasteiger partial charge in [0.2, 0.25) is 0 Å². The van der Waals surface area contributed by atoms with Crippen LogP contribution in [0, 0.1) is 11.6 Å². The molecule has 0 fully saturated rings. The van der Waals surface area contributed by atoms with E-state index in [1.165, 1.54) is 24.3 Å². The second-order valence-electron chi connectivity index (χ2n) is 8.72. The summed E-state index contributed by atoms with van der Waals surface area (Å²) in [5.41, 5.74) is 5.84. The first-order valence-corrected chi connectivity index (χ1v) is 13.3. The summed E-state index contributed by atoms with van der Waals surface area (Å²) in [4.78, 5) is 9.83. The number of fused-ring (bicyclic) bond motifs is 1. The molecule has 0 N–H and O–H groups in total. The summed E-state index contributed by atoms with van der Waals surface area (Å²) in [7, 11) is 0. The van der Waals surface area contributed by atoms with Crippen molar-refractivity contribution in [2.45, 2.75) is 4.90 Å². The maximum absolute atomic E-state index is 13.9. The normalized spacial score (nSPS) is 12.1. The molecule has 0 amide bonds. The molecule has 0 saturated heterocycles. The fourth-order valence-electron chi connectivity index (χ4n) is 4.49. The van der Waals surface area contributed by atoms with E-state index in [-0.39, 0.29) is 11.6 Å². The van der Waals surface area contributed by atoms with Gasteiger partial charge in [-0.25, -0.2) is 18.4 Å². The predicted molar refractivity (Wildman–Crippen MR) is 145 cm³/mol. The molecule has 0 spiro atoms. The Kier molecular flexibility index (Phi) is 6.19. The molecular weight excluding hydrogens is 502 g/mol. The SMILES string of the molecule is C[S+]([O-])c1ccc(-n2cc3c(-c4ccc(F)cc4)c(-c4ccncc4)c(-c4ccc(F)cc4)nc3n2)cc1. The largest absolute Gasteiger partial charge is 0.612 e. The average molecular weight is 523 g/mol. The van der Waals surface area contributed by atoms with Crippen molar-refractivity contribution in [2.75, 3.05) is 6.26 Å². The third kappa shape index (κ3) is 4.44. The summed E-state index contributed by atoms with van der Waals surface area (Å²) in [6.07, 6.45) is 6.92. The van der Waals surface area contributed by atoms with Gasteiger partial charge in [-0.1, -0.05) is 12.1 Å². The number of hydrogen-bond acceptors (Lipinski definition) is 4. The van der Waals surface area contributed by atoms with Gasteiger partial charge in [0, 0.05) is 40.7 Å². The molecule has 0 aliphatic rings. The van der Waals surface area contributed by atoms with Crippen molar-refractivity contribution >= 4 is 22.2 Å². The fraction of sp³-hybridized carbons (Fsp3) is 0.0333. The summed E-state index contributed by atoms with van der Waals surface area (Å²) in [6, 6.07) is 23.5. The minimum absolute atomic E-state index is 0.340. The third-order valence-corrected chi connectivity index (χ3v) is 7.26. The maximum atomic E-state index is 13.9. The Morgan fingerprint density at radius 3 is 1.89 bits per heavy atom. The van der Waals surface area contributed by atoms with Crippen molar-refractivity contribution in [3.8, 4) is 39.2 Å². The predicted octanol–water partition coefficient (Wildman–Crippen LogP) is 6.83. The Bertz CT molecular complexity index is 1740. The Balaban J connectivity index is 1.68. The van der Waals surface area contributed by atoms with Crippen molar-refractivity contribution in [2.24, 2.45) is 0 Å². The van der Waals surface area contributed by atoms with Gasteiger partial charge in [-0.2, -0.15) is 0 Å². The molecule has 6 aromatic rings. The monoisotopic (exact) mass is 522 g/mol. The lowest BCUT2D eigenvalue weighted by Gasteiger charge is -2.16. The number of hydrogen-bond donors (Lipinski definition) is 0. The average Bonchev–Trinajstić information content (AvgIpc) is 3.37. The standard InChI is InChI=1S/C30H20F2N4OS/c1-38(37)25-12-10-24(11-13-25)36-18-26-27(19-2-6-22(31)7-3-19)28(20-14-16-33-17-15-20)29(34-30(26)35-36)21-4-8-23(32)9-5-21/h2-18H,1H3. The van der Waals surface area contributed by atoms with Crippen molar-refractivity contribution in [1.82, 2.24) is 19.7 Å². The molecule has 0 radical (unpaired) electrons. The minimum Gasteiger partial charge on any atom is -0.612 e. The lowest BCUT2D eigenvalue weighted by Crippen LogP contribution is -1.99. The molecule has 0 bridgehead atoms. The van der Waals surface area contributed by atoms with Crippen LogP contribution in [0.15, 0.2) is 108 Å². The first-order chi connectivity index (χ1) is 18.5. The van der Waals surface area contributed by atoms with Crippen LogP contribution in [-0.4, -0.2) is 30.6 Å². The van der Waals surface area contributed by atoms with E-state index in [4.69, 9.17) is 10.1 Å². The van der Waals surface area contributed by atoms with Crippen LogP contribution in [0.25, 0.3) is 50.2 Å². The van der Waals surface area contributed by atoms with Crippen LogP contribution in [0.1, 0.15) is 0 Å². The summed E-state index contributed by atoms with van der Waals surface area (Å²) >= 11 is -1.09. The molecule has 6 rings (SSSR count). The molecule has 3 aromatic heterocycles. The Hall–Kier alpha value is -4.40. The van der Waals surface area contributed by atoms with E-state index in [1.54, 1.807) is 59.7 Å².